The van der Waals surface area contributed by atoms with E-state index in [1.54, 1.807) is 0 Å². The quantitative estimate of drug-likeness (QED) is 0.643. The number of aromatic nitrogens is 2. The Morgan fingerprint density at radius 2 is 2.11 bits per heavy atom. The average molecular weight is 261 g/mol. The molecule has 0 aliphatic carbocycles. The fourth-order valence-corrected chi connectivity index (χ4v) is 1.51. The molecule has 1 heterocycles. The molecule has 0 amide bonds. The minimum Gasteiger partial charge on any atom is -0.477 e. The van der Waals surface area contributed by atoms with E-state index in [-0.39, 0.29) is 5.69 Å². The van der Waals surface area contributed by atoms with Gasteiger partial charge in [-0.1, -0.05) is 24.0 Å². The van der Waals surface area contributed by atoms with Crippen LogP contribution in [0.3, 0.4) is 0 Å². The Bertz CT molecular complexity index is 620. The molecular weight excluding hydrogens is 252 g/mol. The minimum atomic E-state index is -1.03. The minimum absolute atomic E-state index is 0.0657. The van der Waals surface area contributed by atoms with E-state index >= 15 is 0 Å². The molecule has 4 nitrogen and oxygen atoms in total. The van der Waals surface area contributed by atoms with Crippen LogP contribution in [0, 0.1) is 11.8 Å². The summed E-state index contributed by atoms with van der Waals surface area (Å²) < 4.78 is 0. The van der Waals surface area contributed by atoms with Gasteiger partial charge in [-0.2, -0.15) is 5.10 Å². The Labute approximate surface area is 109 Å². The molecule has 18 heavy (non-hydrogen) atoms. The molecule has 0 aliphatic rings. The van der Waals surface area contributed by atoms with E-state index in [2.05, 4.69) is 22.0 Å². The molecule has 0 saturated heterocycles. The molecule has 2 rings (SSSR count). The summed E-state index contributed by atoms with van der Waals surface area (Å²) in [6.07, 6.45) is 0. The van der Waals surface area contributed by atoms with Gasteiger partial charge in [0.05, 0.1) is 11.6 Å². The maximum Gasteiger partial charge on any atom is 0.353 e. The number of hydrogen-bond donors (Lipinski definition) is 2. The summed E-state index contributed by atoms with van der Waals surface area (Å²) >= 11 is 5.47. The number of carboxylic acids is 1. The first-order valence-corrected chi connectivity index (χ1v) is 5.68. The number of rotatable bonds is 2. The zero-order chi connectivity index (χ0) is 13.0. The first-order chi connectivity index (χ1) is 8.70. The number of carbonyl (C=O) groups is 1. The van der Waals surface area contributed by atoms with Crippen molar-refractivity contribution in [1.29, 1.82) is 0 Å². The van der Waals surface area contributed by atoms with Crippen molar-refractivity contribution in [2.45, 2.75) is 0 Å². The molecule has 0 aliphatic heterocycles. The molecule has 1 aromatic heterocycles. The molecule has 0 atom stereocenters. The smallest absolute Gasteiger partial charge is 0.353 e. The highest BCUT2D eigenvalue weighted by molar-refractivity contribution is 6.19. The number of benzene rings is 1. The van der Waals surface area contributed by atoms with Crippen molar-refractivity contribution in [1.82, 2.24) is 10.2 Å². The molecule has 90 valence electrons. The topological polar surface area (TPSA) is 66.0 Å². The Hall–Kier alpha value is -2.25. The van der Waals surface area contributed by atoms with E-state index in [1.807, 2.05) is 24.3 Å². The van der Waals surface area contributed by atoms with Crippen molar-refractivity contribution >= 4 is 17.6 Å². The van der Waals surface area contributed by atoms with Crippen LogP contribution < -0.4 is 0 Å². The third-order valence-corrected chi connectivity index (χ3v) is 2.42. The first-order valence-electron chi connectivity index (χ1n) is 5.14. The van der Waals surface area contributed by atoms with Gasteiger partial charge in [-0.15, -0.1) is 11.6 Å². The molecule has 1 aromatic carbocycles. The van der Waals surface area contributed by atoms with Crippen molar-refractivity contribution in [3.05, 3.63) is 41.6 Å². The van der Waals surface area contributed by atoms with Crippen LogP contribution in [0.15, 0.2) is 30.3 Å². The van der Waals surface area contributed by atoms with E-state index in [1.165, 1.54) is 6.07 Å². The van der Waals surface area contributed by atoms with Crippen molar-refractivity contribution in [3.63, 3.8) is 0 Å². The summed E-state index contributed by atoms with van der Waals surface area (Å²) in [4.78, 5) is 10.7. The van der Waals surface area contributed by atoms with Crippen LogP contribution in [0.2, 0.25) is 0 Å². The second-order valence-electron chi connectivity index (χ2n) is 3.48. The average Bonchev–Trinajstić information content (AvgIpc) is 2.87. The molecule has 0 radical (unpaired) electrons. The predicted octanol–water partition coefficient (Wildman–Crippen LogP) is 2.37. The number of H-pyrrole nitrogens is 1. The highest BCUT2D eigenvalue weighted by atomic mass is 35.5. The summed E-state index contributed by atoms with van der Waals surface area (Å²) in [5, 5.41) is 15.2. The van der Waals surface area contributed by atoms with E-state index in [4.69, 9.17) is 16.7 Å². The Balaban J connectivity index is 2.25. The highest BCUT2D eigenvalue weighted by Crippen LogP contribution is 2.18. The molecule has 0 fully saturated rings. The predicted molar refractivity (Wildman–Crippen MR) is 68.6 cm³/mol. The van der Waals surface area contributed by atoms with Gasteiger partial charge in [0.15, 0.2) is 0 Å². The van der Waals surface area contributed by atoms with Crippen LogP contribution in [0.4, 0.5) is 0 Å². The lowest BCUT2D eigenvalue weighted by atomic mass is 10.1. The van der Waals surface area contributed by atoms with Crippen LogP contribution in [0.1, 0.15) is 16.1 Å². The Morgan fingerprint density at radius 1 is 1.39 bits per heavy atom. The summed E-state index contributed by atoms with van der Waals surface area (Å²) in [5.41, 5.74) is 2.34. The second-order valence-corrected chi connectivity index (χ2v) is 3.75. The van der Waals surface area contributed by atoms with Crippen molar-refractivity contribution < 1.29 is 9.90 Å². The molecule has 5 heteroatoms. The highest BCUT2D eigenvalue weighted by Gasteiger charge is 2.08. The van der Waals surface area contributed by atoms with Crippen LogP contribution in [0.25, 0.3) is 11.3 Å². The molecule has 0 bridgehead atoms. The SMILES string of the molecule is O=C(O)c1cc(-c2ccc(C#CCCl)cc2)n[nH]1. The fraction of sp³-hybridized carbons (Fsp3) is 0.0769. The molecule has 0 spiro atoms. The number of halogens is 1. The number of aromatic amines is 1. The van der Waals surface area contributed by atoms with Crippen LogP contribution in [-0.2, 0) is 0 Å². The summed E-state index contributed by atoms with van der Waals surface area (Å²) in [6, 6.07) is 8.83. The van der Waals surface area contributed by atoms with Crippen molar-refractivity contribution in [3.8, 4) is 23.1 Å². The van der Waals surface area contributed by atoms with Gasteiger partial charge in [0.2, 0.25) is 0 Å². The normalized spacial score (nSPS) is 9.61. The van der Waals surface area contributed by atoms with Crippen LogP contribution in [-0.4, -0.2) is 27.2 Å². The van der Waals surface area contributed by atoms with E-state index in [9.17, 15) is 4.79 Å². The maximum absolute atomic E-state index is 10.7. The summed E-state index contributed by atoms with van der Waals surface area (Å²) in [6.45, 7) is 0. The van der Waals surface area contributed by atoms with Gasteiger partial charge in [0.25, 0.3) is 0 Å². The van der Waals surface area contributed by atoms with Crippen molar-refractivity contribution in [2.75, 3.05) is 5.88 Å². The number of hydrogen-bond acceptors (Lipinski definition) is 2. The number of alkyl halides is 1. The van der Waals surface area contributed by atoms with Gasteiger partial charge in [-0.05, 0) is 18.2 Å². The summed E-state index contributed by atoms with van der Waals surface area (Å²) in [5.74, 6) is 4.92. The molecule has 0 saturated carbocycles. The Kier molecular flexibility index (Phi) is 3.66. The molecular formula is C13H9ClN2O2. The second kappa shape index (κ2) is 5.39. The van der Waals surface area contributed by atoms with Crippen LogP contribution >= 0.6 is 11.6 Å². The maximum atomic E-state index is 10.7. The van der Waals surface area contributed by atoms with Gasteiger partial charge in [-0.25, -0.2) is 4.79 Å². The fourth-order valence-electron chi connectivity index (χ4n) is 1.44. The lowest BCUT2D eigenvalue weighted by Crippen LogP contribution is -1.95. The third-order valence-electron chi connectivity index (χ3n) is 2.29. The first kappa shape index (κ1) is 12.2. The molecule has 2 aromatic rings. The number of nitrogens with zero attached hydrogens (tertiary/aromatic N) is 1. The third kappa shape index (κ3) is 2.70. The Morgan fingerprint density at radius 3 is 2.67 bits per heavy atom. The zero-order valence-corrected chi connectivity index (χ0v) is 10.0. The zero-order valence-electron chi connectivity index (χ0n) is 9.27. The largest absolute Gasteiger partial charge is 0.477 e. The molecule has 2 N–H and O–H groups in total. The standard InChI is InChI=1S/C13H9ClN2O2/c14-7-1-2-9-3-5-10(6-4-9)11-8-12(13(17)18)16-15-11/h3-6,8H,7H2,(H,15,16)(H,17,18). The number of nitrogens with one attached hydrogen (secondary N) is 1. The number of carboxylic acid groups (broad SMARTS) is 1. The van der Waals surface area contributed by atoms with Gasteiger partial charge >= 0.3 is 5.97 Å². The monoisotopic (exact) mass is 260 g/mol. The van der Waals surface area contributed by atoms with Crippen molar-refractivity contribution in [2.24, 2.45) is 0 Å². The van der Waals surface area contributed by atoms with Gasteiger partial charge < -0.3 is 5.11 Å². The van der Waals surface area contributed by atoms with Crippen LogP contribution in [0.5, 0.6) is 0 Å². The number of aromatic carboxylic acids is 1. The van der Waals surface area contributed by atoms with Gasteiger partial charge in [0.1, 0.15) is 5.69 Å². The lowest BCUT2D eigenvalue weighted by Gasteiger charge is -1.95. The summed E-state index contributed by atoms with van der Waals surface area (Å²) in [7, 11) is 0. The van der Waals surface area contributed by atoms with Gasteiger partial charge in [0, 0.05) is 11.1 Å². The van der Waals surface area contributed by atoms with E-state index in [0.717, 1.165) is 11.1 Å². The van der Waals surface area contributed by atoms with E-state index < -0.39 is 5.97 Å². The van der Waals surface area contributed by atoms with Gasteiger partial charge in [-0.3, -0.25) is 5.10 Å². The lowest BCUT2D eigenvalue weighted by molar-refractivity contribution is 0.0690. The molecule has 0 unspecified atom stereocenters. The van der Waals surface area contributed by atoms with E-state index in [0.29, 0.717) is 11.6 Å².